The number of carbonyl (C=O) groups is 1. The van der Waals surface area contributed by atoms with Crippen LogP contribution < -0.4 is 0 Å². The Hall–Kier alpha value is -2.92. The largest absolute Gasteiger partial charge is 0.390 e. The number of oxime groups is 1. The Morgan fingerprint density at radius 3 is 2.64 bits per heavy atom. The number of rotatable bonds is 3. The zero-order valence-corrected chi connectivity index (χ0v) is 16.4. The van der Waals surface area contributed by atoms with E-state index in [2.05, 4.69) is 35.7 Å². The third kappa shape index (κ3) is 2.92. The molecule has 28 heavy (non-hydrogen) atoms. The van der Waals surface area contributed by atoms with Crippen LogP contribution in [0.5, 0.6) is 0 Å². The predicted molar refractivity (Wildman–Crippen MR) is 112 cm³/mol. The molecule has 1 fully saturated rings. The van der Waals surface area contributed by atoms with Crippen LogP contribution in [0.15, 0.2) is 71.2 Å². The van der Waals surface area contributed by atoms with E-state index in [9.17, 15) is 4.79 Å². The Kier molecular flexibility index (Phi) is 4.24. The number of hydrogen-bond donors (Lipinski definition) is 0. The molecule has 1 aromatic heterocycles. The van der Waals surface area contributed by atoms with Gasteiger partial charge in [0, 0.05) is 22.5 Å². The van der Waals surface area contributed by atoms with Gasteiger partial charge in [0.2, 0.25) is 0 Å². The summed E-state index contributed by atoms with van der Waals surface area (Å²) in [4.78, 5) is 21.8. The number of hydrogen-bond acceptors (Lipinski definition) is 4. The minimum absolute atomic E-state index is 0.0519. The fourth-order valence-corrected chi connectivity index (χ4v) is 4.75. The molecule has 5 heteroatoms. The molecule has 5 rings (SSSR count). The summed E-state index contributed by atoms with van der Waals surface area (Å²) in [6.45, 7) is 3.30. The van der Waals surface area contributed by atoms with E-state index in [0.717, 1.165) is 22.4 Å². The summed E-state index contributed by atoms with van der Waals surface area (Å²) >= 11 is 1.70. The molecule has 3 aromatic rings. The van der Waals surface area contributed by atoms with Crippen molar-refractivity contribution in [3.8, 4) is 10.4 Å². The molecule has 2 atom stereocenters. The highest BCUT2D eigenvalue weighted by atomic mass is 32.1. The first-order valence-electron chi connectivity index (χ1n) is 9.43. The number of carbonyl (C=O) groups excluding carboxylic acids is 1. The number of nitrogens with zero attached hydrogens (tertiary/aromatic N) is 2. The Morgan fingerprint density at radius 2 is 1.89 bits per heavy atom. The Bertz CT molecular complexity index is 1040. The molecule has 1 amide bonds. The molecule has 0 radical (unpaired) electrons. The van der Waals surface area contributed by atoms with Crippen LogP contribution >= 0.6 is 11.3 Å². The summed E-state index contributed by atoms with van der Waals surface area (Å²) in [5.41, 5.74) is 5.12. The van der Waals surface area contributed by atoms with Crippen LogP contribution in [0.3, 0.4) is 0 Å². The topological polar surface area (TPSA) is 41.9 Å². The lowest BCUT2D eigenvalue weighted by Crippen LogP contribution is -2.30. The highest BCUT2D eigenvalue weighted by molar-refractivity contribution is 7.13. The standard InChI is InChI=1S/C23H20N2O2S/c1-15-5-2-3-6-18(15)22-19-13-25(14-20(19)27-24-22)23(26)17-10-8-16(9-11-17)21-7-4-12-28-21/h2-12,19-20H,13-14H2,1H3. The van der Waals surface area contributed by atoms with Crippen LogP contribution in [0.25, 0.3) is 10.4 Å². The van der Waals surface area contributed by atoms with E-state index in [1.165, 1.54) is 10.4 Å². The molecule has 0 saturated carbocycles. The van der Waals surface area contributed by atoms with Crippen LogP contribution in [0, 0.1) is 12.8 Å². The number of thiophene rings is 1. The summed E-state index contributed by atoms with van der Waals surface area (Å²) in [5.74, 6) is 0.190. The highest BCUT2D eigenvalue weighted by Gasteiger charge is 2.44. The molecular weight excluding hydrogens is 368 g/mol. The number of benzene rings is 2. The van der Waals surface area contributed by atoms with Gasteiger partial charge in [0.15, 0.2) is 6.10 Å². The maximum absolute atomic E-state index is 13.0. The third-order valence-electron chi connectivity index (χ3n) is 5.55. The SMILES string of the molecule is Cc1ccccc1C1=NOC2CN(C(=O)c3ccc(-c4cccs4)cc3)CC12. The van der Waals surface area contributed by atoms with Gasteiger partial charge >= 0.3 is 0 Å². The van der Waals surface area contributed by atoms with Gasteiger partial charge in [0.1, 0.15) is 0 Å². The highest BCUT2D eigenvalue weighted by Crippen LogP contribution is 2.32. The Labute approximate surface area is 168 Å². The molecule has 2 unspecified atom stereocenters. The van der Waals surface area contributed by atoms with Crippen LogP contribution in [-0.4, -0.2) is 35.7 Å². The van der Waals surface area contributed by atoms with E-state index in [4.69, 9.17) is 4.84 Å². The molecule has 1 saturated heterocycles. The van der Waals surface area contributed by atoms with Gasteiger partial charge in [0.05, 0.1) is 18.2 Å². The second-order valence-electron chi connectivity index (χ2n) is 7.31. The van der Waals surface area contributed by atoms with Crippen molar-refractivity contribution in [1.82, 2.24) is 4.90 Å². The molecule has 140 valence electrons. The summed E-state index contributed by atoms with van der Waals surface area (Å²) in [7, 11) is 0. The molecule has 2 aromatic carbocycles. The minimum Gasteiger partial charge on any atom is -0.390 e. The normalized spacial score (nSPS) is 20.6. The van der Waals surface area contributed by atoms with Gasteiger partial charge in [-0.25, -0.2) is 0 Å². The van der Waals surface area contributed by atoms with Crippen molar-refractivity contribution in [2.24, 2.45) is 11.1 Å². The second-order valence-corrected chi connectivity index (χ2v) is 8.25. The lowest BCUT2D eigenvalue weighted by atomic mass is 9.92. The number of amides is 1. The summed E-state index contributed by atoms with van der Waals surface area (Å²) in [6, 6.07) is 20.2. The first kappa shape index (κ1) is 17.2. The summed E-state index contributed by atoms with van der Waals surface area (Å²) in [6.07, 6.45) is -0.0519. The van der Waals surface area contributed by atoms with Crippen LogP contribution in [0.2, 0.25) is 0 Å². The van der Waals surface area contributed by atoms with Crippen molar-refractivity contribution in [2.75, 3.05) is 13.1 Å². The van der Waals surface area contributed by atoms with E-state index < -0.39 is 0 Å². The van der Waals surface area contributed by atoms with Crippen molar-refractivity contribution < 1.29 is 9.63 Å². The molecular formula is C23H20N2O2S. The summed E-state index contributed by atoms with van der Waals surface area (Å²) in [5, 5.41) is 6.40. The average molecular weight is 388 g/mol. The number of likely N-dealkylation sites (tertiary alicyclic amines) is 1. The van der Waals surface area contributed by atoms with E-state index in [-0.39, 0.29) is 17.9 Å². The molecule has 0 aliphatic carbocycles. The lowest BCUT2D eigenvalue weighted by Gasteiger charge is -2.17. The van der Waals surface area contributed by atoms with Crippen LogP contribution in [0.1, 0.15) is 21.5 Å². The third-order valence-corrected chi connectivity index (χ3v) is 6.47. The van der Waals surface area contributed by atoms with Crippen LogP contribution in [-0.2, 0) is 4.84 Å². The van der Waals surface area contributed by atoms with Crippen molar-refractivity contribution in [3.05, 3.63) is 82.7 Å². The maximum atomic E-state index is 13.0. The smallest absolute Gasteiger partial charge is 0.254 e. The molecule has 0 bridgehead atoms. The van der Waals surface area contributed by atoms with Gasteiger partial charge in [-0.05, 0) is 41.6 Å². The van der Waals surface area contributed by atoms with Crippen molar-refractivity contribution >= 4 is 23.0 Å². The van der Waals surface area contributed by atoms with E-state index >= 15 is 0 Å². The molecule has 4 nitrogen and oxygen atoms in total. The van der Waals surface area contributed by atoms with Gasteiger partial charge in [-0.15, -0.1) is 11.3 Å². The van der Waals surface area contributed by atoms with E-state index in [1.807, 2.05) is 47.4 Å². The van der Waals surface area contributed by atoms with Crippen molar-refractivity contribution in [1.29, 1.82) is 0 Å². The zero-order chi connectivity index (χ0) is 19.1. The van der Waals surface area contributed by atoms with E-state index in [1.54, 1.807) is 11.3 Å². The molecule has 2 aliphatic rings. The first-order chi connectivity index (χ1) is 13.7. The predicted octanol–water partition coefficient (Wildman–Crippen LogP) is 4.60. The zero-order valence-electron chi connectivity index (χ0n) is 15.5. The number of aryl methyl sites for hydroxylation is 1. The van der Waals surface area contributed by atoms with Crippen molar-refractivity contribution in [3.63, 3.8) is 0 Å². The molecule has 0 N–H and O–H groups in total. The van der Waals surface area contributed by atoms with Gasteiger partial charge in [-0.1, -0.05) is 47.6 Å². The Morgan fingerprint density at radius 1 is 1.07 bits per heavy atom. The van der Waals surface area contributed by atoms with Crippen LogP contribution in [0.4, 0.5) is 0 Å². The fourth-order valence-electron chi connectivity index (χ4n) is 4.01. The fraction of sp³-hybridized carbons (Fsp3) is 0.217. The maximum Gasteiger partial charge on any atom is 0.254 e. The quantitative estimate of drug-likeness (QED) is 0.658. The molecule has 2 aliphatic heterocycles. The van der Waals surface area contributed by atoms with Gasteiger partial charge in [-0.2, -0.15) is 0 Å². The first-order valence-corrected chi connectivity index (χ1v) is 10.3. The molecule has 0 spiro atoms. The van der Waals surface area contributed by atoms with Gasteiger partial charge in [-0.3, -0.25) is 4.79 Å². The molecule has 3 heterocycles. The summed E-state index contributed by atoms with van der Waals surface area (Å²) < 4.78 is 0. The van der Waals surface area contributed by atoms with Gasteiger partial charge < -0.3 is 9.74 Å². The average Bonchev–Trinajstić information content (AvgIpc) is 3.45. The monoisotopic (exact) mass is 388 g/mol. The van der Waals surface area contributed by atoms with Gasteiger partial charge in [0.25, 0.3) is 5.91 Å². The number of fused-ring (bicyclic) bond motifs is 1. The Balaban J connectivity index is 1.33. The minimum atomic E-state index is -0.0519. The second kappa shape index (κ2) is 6.91. The lowest BCUT2D eigenvalue weighted by molar-refractivity contribution is 0.0631. The van der Waals surface area contributed by atoms with Crippen molar-refractivity contribution in [2.45, 2.75) is 13.0 Å². The van der Waals surface area contributed by atoms with E-state index in [0.29, 0.717) is 13.1 Å².